The van der Waals surface area contributed by atoms with Crippen LogP contribution in [-0.4, -0.2) is 31.5 Å². The van der Waals surface area contributed by atoms with Crippen molar-refractivity contribution < 1.29 is 9.53 Å². The first-order chi connectivity index (χ1) is 8.74. The molecule has 0 radical (unpaired) electrons. The zero-order valence-corrected chi connectivity index (χ0v) is 12.1. The SMILES string of the molecule is COCC(CCl)NC(=O)c1cc2c(s1)CCCC2. The second-order valence-corrected chi connectivity index (χ2v) is 5.99. The fraction of sp³-hybridized carbons (Fsp3) is 0.615. The zero-order valence-electron chi connectivity index (χ0n) is 10.5. The molecule has 1 aromatic heterocycles. The van der Waals surface area contributed by atoms with E-state index in [-0.39, 0.29) is 11.9 Å². The van der Waals surface area contributed by atoms with Gasteiger partial charge in [-0.3, -0.25) is 4.79 Å². The van der Waals surface area contributed by atoms with Crippen molar-refractivity contribution in [2.75, 3.05) is 19.6 Å². The van der Waals surface area contributed by atoms with Crippen LogP contribution in [0.1, 0.15) is 33.0 Å². The maximum atomic E-state index is 12.1. The normalized spacial score (nSPS) is 16.1. The Morgan fingerprint density at radius 1 is 1.56 bits per heavy atom. The van der Waals surface area contributed by atoms with Gasteiger partial charge in [-0.25, -0.2) is 0 Å². The first kappa shape index (κ1) is 13.8. The van der Waals surface area contributed by atoms with Crippen molar-refractivity contribution in [3.8, 4) is 0 Å². The van der Waals surface area contributed by atoms with E-state index in [1.54, 1.807) is 18.4 Å². The largest absolute Gasteiger partial charge is 0.383 e. The van der Waals surface area contributed by atoms with Gasteiger partial charge in [0.05, 0.1) is 17.5 Å². The summed E-state index contributed by atoms with van der Waals surface area (Å²) in [5.41, 5.74) is 1.35. The number of thiophene rings is 1. The van der Waals surface area contributed by atoms with E-state index in [4.69, 9.17) is 16.3 Å². The molecule has 3 nitrogen and oxygen atoms in total. The topological polar surface area (TPSA) is 38.3 Å². The smallest absolute Gasteiger partial charge is 0.261 e. The lowest BCUT2D eigenvalue weighted by atomic mass is 9.99. The predicted molar refractivity (Wildman–Crippen MR) is 74.8 cm³/mol. The van der Waals surface area contributed by atoms with Gasteiger partial charge in [0, 0.05) is 17.9 Å². The van der Waals surface area contributed by atoms with E-state index >= 15 is 0 Å². The second-order valence-electron chi connectivity index (χ2n) is 4.55. The van der Waals surface area contributed by atoms with Crippen molar-refractivity contribution in [2.45, 2.75) is 31.7 Å². The van der Waals surface area contributed by atoms with Crippen LogP contribution in [0.15, 0.2) is 6.07 Å². The summed E-state index contributed by atoms with van der Waals surface area (Å²) in [6, 6.07) is 1.91. The van der Waals surface area contributed by atoms with E-state index in [0.717, 1.165) is 17.7 Å². The van der Waals surface area contributed by atoms with Crippen LogP contribution in [0.5, 0.6) is 0 Å². The van der Waals surface area contributed by atoms with Crippen LogP contribution in [0.4, 0.5) is 0 Å². The monoisotopic (exact) mass is 287 g/mol. The van der Waals surface area contributed by atoms with Gasteiger partial charge < -0.3 is 10.1 Å². The van der Waals surface area contributed by atoms with E-state index in [1.807, 2.05) is 6.07 Å². The summed E-state index contributed by atoms with van der Waals surface area (Å²) in [5.74, 6) is 0.335. The summed E-state index contributed by atoms with van der Waals surface area (Å²) in [6.07, 6.45) is 4.70. The van der Waals surface area contributed by atoms with Crippen LogP contribution >= 0.6 is 22.9 Å². The third kappa shape index (κ3) is 3.25. The van der Waals surface area contributed by atoms with Crippen molar-refractivity contribution in [3.05, 3.63) is 21.4 Å². The molecule has 0 bridgehead atoms. The van der Waals surface area contributed by atoms with Gasteiger partial charge in [0.2, 0.25) is 0 Å². The Morgan fingerprint density at radius 2 is 2.33 bits per heavy atom. The molecule has 0 aliphatic heterocycles. The Hall–Kier alpha value is -0.580. The third-order valence-corrected chi connectivity index (χ3v) is 4.72. The minimum Gasteiger partial charge on any atom is -0.383 e. The molecule has 100 valence electrons. The number of alkyl halides is 1. The first-order valence-corrected chi connectivity index (χ1v) is 7.57. The number of carbonyl (C=O) groups excluding carboxylic acids is 1. The summed E-state index contributed by atoms with van der Waals surface area (Å²) in [7, 11) is 1.61. The lowest BCUT2D eigenvalue weighted by Gasteiger charge is -2.13. The maximum absolute atomic E-state index is 12.1. The van der Waals surface area contributed by atoms with Gasteiger partial charge in [-0.15, -0.1) is 22.9 Å². The predicted octanol–water partition coefficient (Wildman–Crippen LogP) is 2.61. The number of hydrogen-bond donors (Lipinski definition) is 1. The number of halogens is 1. The molecule has 18 heavy (non-hydrogen) atoms. The van der Waals surface area contributed by atoms with Crippen molar-refractivity contribution in [3.63, 3.8) is 0 Å². The van der Waals surface area contributed by atoms with Crippen molar-refractivity contribution in [1.29, 1.82) is 0 Å². The fourth-order valence-electron chi connectivity index (χ4n) is 2.19. The molecular formula is C13H18ClNO2S. The molecule has 1 amide bonds. The Kier molecular flexibility index (Phi) is 5.03. The van der Waals surface area contributed by atoms with Crippen molar-refractivity contribution in [2.24, 2.45) is 0 Å². The molecule has 1 aromatic rings. The molecule has 1 aliphatic rings. The summed E-state index contributed by atoms with van der Waals surface area (Å²) < 4.78 is 5.02. The Balaban J connectivity index is 2.02. The molecule has 0 saturated heterocycles. The minimum atomic E-state index is -0.122. The van der Waals surface area contributed by atoms with Gasteiger partial charge in [-0.2, -0.15) is 0 Å². The number of carbonyl (C=O) groups is 1. The van der Waals surface area contributed by atoms with E-state index in [0.29, 0.717) is 12.5 Å². The van der Waals surface area contributed by atoms with Crippen LogP contribution in [0.3, 0.4) is 0 Å². The Morgan fingerprint density at radius 3 is 3.00 bits per heavy atom. The average molecular weight is 288 g/mol. The minimum absolute atomic E-state index is 0.0305. The van der Waals surface area contributed by atoms with Gasteiger partial charge >= 0.3 is 0 Å². The molecule has 1 N–H and O–H groups in total. The third-order valence-electron chi connectivity index (χ3n) is 3.11. The van der Waals surface area contributed by atoms with E-state index in [2.05, 4.69) is 5.32 Å². The quantitative estimate of drug-likeness (QED) is 0.846. The number of fused-ring (bicyclic) bond motifs is 1. The van der Waals surface area contributed by atoms with Crippen LogP contribution in [-0.2, 0) is 17.6 Å². The second kappa shape index (κ2) is 6.55. The number of ether oxygens (including phenoxy) is 1. The lowest BCUT2D eigenvalue weighted by Crippen LogP contribution is -2.39. The number of methoxy groups -OCH3 is 1. The summed E-state index contributed by atoms with van der Waals surface area (Å²) >= 11 is 7.41. The zero-order chi connectivity index (χ0) is 13.0. The molecule has 1 heterocycles. The van der Waals surface area contributed by atoms with Gasteiger partial charge in [-0.05, 0) is 37.3 Å². The standard InChI is InChI=1S/C13H18ClNO2S/c1-17-8-10(7-14)15-13(16)12-6-9-4-2-3-5-11(9)18-12/h6,10H,2-5,7-8H2,1H3,(H,15,16). The summed E-state index contributed by atoms with van der Waals surface area (Å²) in [5, 5.41) is 2.91. The Labute approximate surface area is 116 Å². The molecule has 0 fully saturated rings. The number of amides is 1. The Bertz CT molecular complexity index is 396. The molecular weight excluding hydrogens is 270 g/mol. The highest BCUT2D eigenvalue weighted by molar-refractivity contribution is 7.14. The van der Waals surface area contributed by atoms with E-state index < -0.39 is 0 Å². The van der Waals surface area contributed by atoms with Crippen molar-refractivity contribution in [1.82, 2.24) is 5.32 Å². The number of rotatable bonds is 5. The molecule has 5 heteroatoms. The van der Waals surface area contributed by atoms with Gasteiger partial charge in [0.25, 0.3) is 5.91 Å². The van der Waals surface area contributed by atoms with Crippen LogP contribution in [0.25, 0.3) is 0 Å². The molecule has 0 aromatic carbocycles. The number of hydrogen-bond acceptors (Lipinski definition) is 3. The van der Waals surface area contributed by atoms with Crippen LogP contribution < -0.4 is 5.32 Å². The lowest BCUT2D eigenvalue weighted by molar-refractivity contribution is 0.0911. The van der Waals surface area contributed by atoms with E-state index in [1.165, 1.54) is 23.3 Å². The number of aryl methyl sites for hydroxylation is 2. The van der Waals surface area contributed by atoms with Crippen LogP contribution in [0.2, 0.25) is 0 Å². The summed E-state index contributed by atoms with van der Waals surface area (Å²) in [6.45, 7) is 0.445. The average Bonchev–Trinajstić information content (AvgIpc) is 2.82. The molecule has 1 atom stereocenters. The number of nitrogens with one attached hydrogen (secondary N) is 1. The first-order valence-electron chi connectivity index (χ1n) is 6.22. The highest BCUT2D eigenvalue weighted by Crippen LogP contribution is 2.29. The molecule has 1 aliphatic carbocycles. The van der Waals surface area contributed by atoms with Gasteiger partial charge in [0.1, 0.15) is 0 Å². The molecule has 0 spiro atoms. The highest BCUT2D eigenvalue weighted by Gasteiger charge is 2.19. The van der Waals surface area contributed by atoms with Crippen LogP contribution in [0, 0.1) is 0 Å². The highest BCUT2D eigenvalue weighted by atomic mass is 35.5. The molecule has 0 saturated carbocycles. The van der Waals surface area contributed by atoms with E-state index in [9.17, 15) is 4.79 Å². The maximum Gasteiger partial charge on any atom is 0.261 e. The fourth-order valence-corrected chi connectivity index (χ4v) is 3.51. The van der Waals surface area contributed by atoms with Gasteiger partial charge in [-0.1, -0.05) is 0 Å². The van der Waals surface area contributed by atoms with Crippen molar-refractivity contribution >= 4 is 28.8 Å². The molecule has 2 rings (SSSR count). The molecule has 1 unspecified atom stereocenters. The van der Waals surface area contributed by atoms with Gasteiger partial charge in [0.15, 0.2) is 0 Å². The summed E-state index contributed by atoms with van der Waals surface area (Å²) in [4.78, 5) is 14.3.